The van der Waals surface area contributed by atoms with Crippen molar-refractivity contribution in [3.63, 3.8) is 0 Å². The third-order valence-corrected chi connectivity index (χ3v) is 2.88. The summed E-state index contributed by atoms with van der Waals surface area (Å²) < 4.78 is 5.25. The number of nitrogens with two attached hydrogens (primary N) is 1. The second kappa shape index (κ2) is 7.41. The Hall–Kier alpha value is -0.930. The minimum Gasteiger partial charge on any atom is -0.495 e. The standard InChI is InChI=1S/C13H21ClN2O/c1-3-4-5-11(15)9-16-12-8-10(14)6-7-13(12)17-2/h6-8,11,16H,3-5,9,15H2,1-2H3. The molecule has 0 fully saturated rings. The van der Waals surface area contributed by atoms with Crippen LogP contribution >= 0.6 is 11.6 Å². The average molecular weight is 257 g/mol. The van der Waals surface area contributed by atoms with Crippen molar-refractivity contribution in [1.29, 1.82) is 0 Å². The van der Waals surface area contributed by atoms with Gasteiger partial charge in [-0.25, -0.2) is 0 Å². The molecule has 4 heteroatoms. The smallest absolute Gasteiger partial charge is 0.142 e. The number of hydrogen-bond acceptors (Lipinski definition) is 3. The summed E-state index contributed by atoms with van der Waals surface area (Å²) in [7, 11) is 1.64. The number of nitrogens with one attached hydrogen (secondary N) is 1. The molecule has 0 radical (unpaired) electrons. The number of anilines is 1. The number of rotatable bonds is 7. The highest BCUT2D eigenvalue weighted by Gasteiger charge is 2.06. The molecule has 0 bridgehead atoms. The molecule has 3 nitrogen and oxygen atoms in total. The third-order valence-electron chi connectivity index (χ3n) is 2.64. The minimum atomic E-state index is 0.165. The van der Waals surface area contributed by atoms with E-state index in [1.165, 1.54) is 6.42 Å². The fraction of sp³-hybridized carbons (Fsp3) is 0.538. The minimum absolute atomic E-state index is 0.165. The highest BCUT2D eigenvalue weighted by atomic mass is 35.5. The zero-order valence-corrected chi connectivity index (χ0v) is 11.3. The Balaban J connectivity index is 2.52. The molecule has 1 aromatic carbocycles. The van der Waals surface area contributed by atoms with Gasteiger partial charge in [0, 0.05) is 17.6 Å². The molecule has 0 aliphatic carbocycles. The van der Waals surface area contributed by atoms with Crippen LogP contribution in [-0.2, 0) is 0 Å². The summed E-state index contributed by atoms with van der Waals surface area (Å²) in [5.41, 5.74) is 6.90. The quantitative estimate of drug-likeness (QED) is 0.787. The molecule has 1 atom stereocenters. The van der Waals surface area contributed by atoms with Gasteiger partial charge < -0.3 is 15.8 Å². The number of ether oxygens (including phenoxy) is 1. The molecule has 1 rings (SSSR count). The predicted octanol–water partition coefficient (Wildman–Crippen LogP) is 3.28. The number of hydrogen-bond donors (Lipinski definition) is 2. The number of methoxy groups -OCH3 is 1. The summed E-state index contributed by atoms with van der Waals surface area (Å²) in [5.74, 6) is 0.789. The van der Waals surface area contributed by atoms with E-state index in [1.54, 1.807) is 7.11 Å². The Bertz CT molecular complexity index is 344. The lowest BCUT2D eigenvalue weighted by atomic mass is 10.1. The first-order valence-electron chi connectivity index (χ1n) is 6.00. The van der Waals surface area contributed by atoms with Crippen molar-refractivity contribution >= 4 is 17.3 Å². The number of halogens is 1. The summed E-state index contributed by atoms with van der Waals surface area (Å²) in [5, 5.41) is 3.97. The van der Waals surface area contributed by atoms with Gasteiger partial charge in [0.25, 0.3) is 0 Å². The molecule has 0 heterocycles. The maximum Gasteiger partial charge on any atom is 0.142 e. The van der Waals surface area contributed by atoms with Crippen LogP contribution in [0.2, 0.25) is 5.02 Å². The van der Waals surface area contributed by atoms with Crippen LogP contribution in [0.5, 0.6) is 5.75 Å². The van der Waals surface area contributed by atoms with Crippen molar-refractivity contribution in [1.82, 2.24) is 0 Å². The van der Waals surface area contributed by atoms with Crippen LogP contribution in [0.15, 0.2) is 18.2 Å². The molecule has 3 N–H and O–H groups in total. The van der Waals surface area contributed by atoms with Crippen molar-refractivity contribution in [2.45, 2.75) is 32.2 Å². The highest BCUT2D eigenvalue weighted by Crippen LogP contribution is 2.27. The van der Waals surface area contributed by atoms with E-state index >= 15 is 0 Å². The molecular formula is C13H21ClN2O. The maximum atomic E-state index is 6.00. The van der Waals surface area contributed by atoms with Gasteiger partial charge in [-0.1, -0.05) is 31.4 Å². The van der Waals surface area contributed by atoms with Gasteiger partial charge in [0.15, 0.2) is 0 Å². The maximum absolute atomic E-state index is 6.00. The van der Waals surface area contributed by atoms with Crippen LogP contribution in [0, 0.1) is 0 Å². The van der Waals surface area contributed by atoms with Crippen molar-refractivity contribution in [2.75, 3.05) is 19.0 Å². The molecule has 0 aliphatic rings. The van der Waals surface area contributed by atoms with Crippen LogP contribution in [0.4, 0.5) is 5.69 Å². The van der Waals surface area contributed by atoms with E-state index in [-0.39, 0.29) is 6.04 Å². The third kappa shape index (κ3) is 4.84. The molecule has 0 saturated carbocycles. The summed E-state index contributed by atoms with van der Waals surface area (Å²) in [6, 6.07) is 5.68. The fourth-order valence-electron chi connectivity index (χ4n) is 1.63. The van der Waals surface area contributed by atoms with Gasteiger partial charge in [-0.2, -0.15) is 0 Å². The number of unbranched alkanes of at least 4 members (excludes halogenated alkanes) is 1. The SMILES string of the molecule is CCCCC(N)CNc1cc(Cl)ccc1OC. The zero-order chi connectivity index (χ0) is 12.7. The normalized spacial score (nSPS) is 12.2. The van der Waals surface area contributed by atoms with Gasteiger partial charge >= 0.3 is 0 Å². The van der Waals surface area contributed by atoms with Gasteiger partial charge in [0.1, 0.15) is 5.75 Å². The highest BCUT2D eigenvalue weighted by molar-refractivity contribution is 6.30. The molecule has 17 heavy (non-hydrogen) atoms. The van der Waals surface area contributed by atoms with Gasteiger partial charge in [0.2, 0.25) is 0 Å². The molecule has 0 aromatic heterocycles. The molecule has 0 spiro atoms. The molecule has 1 aromatic rings. The summed E-state index contributed by atoms with van der Waals surface area (Å²) in [6.07, 6.45) is 3.37. The van der Waals surface area contributed by atoms with Crippen molar-refractivity contribution in [3.05, 3.63) is 23.2 Å². The van der Waals surface area contributed by atoms with Crippen molar-refractivity contribution in [2.24, 2.45) is 5.73 Å². The summed E-state index contributed by atoms with van der Waals surface area (Å²) in [4.78, 5) is 0. The van der Waals surface area contributed by atoms with E-state index in [4.69, 9.17) is 22.1 Å². The molecule has 0 saturated heterocycles. The summed E-state index contributed by atoms with van der Waals surface area (Å²) >= 11 is 5.95. The lowest BCUT2D eigenvalue weighted by Gasteiger charge is -2.15. The van der Waals surface area contributed by atoms with Crippen LogP contribution in [0.1, 0.15) is 26.2 Å². The zero-order valence-electron chi connectivity index (χ0n) is 10.5. The monoisotopic (exact) mass is 256 g/mol. The molecule has 96 valence electrons. The first-order chi connectivity index (χ1) is 8.17. The Morgan fingerprint density at radius 2 is 2.24 bits per heavy atom. The first kappa shape index (κ1) is 14.1. The predicted molar refractivity (Wildman–Crippen MR) is 74.0 cm³/mol. The fourth-order valence-corrected chi connectivity index (χ4v) is 1.80. The molecular weight excluding hydrogens is 236 g/mol. The van der Waals surface area contributed by atoms with Crippen LogP contribution in [0.3, 0.4) is 0 Å². The van der Waals surface area contributed by atoms with E-state index in [0.29, 0.717) is 5.02 Å². The van der Waals surface area contributed by atoms with Crippen LogP contribution in [0.25, 0.3) is 0 Å². The first-order valence-corrected chi connectivity index (χ1v) is 6.38. The van der Waals surface area contributed by atoms with Crippen LogP contribution < -0.4 is 15.8 Å². The van der Waals surface area contributed by atoms with Gasteiger partial charge in [-0.05, 0) is 24.6 Å². The second-order valence-corrected chi connectivity index (χ2v) is 4.56. The Morgan fingerprint density at radius 3 is 2.88 bits per heavy atom. The molecule has 1 unspecified atom stereocenters. The van der Waals surface area contributed by atoms with E-state index in [0.717, 1.165) is 30.8 Å². The Morgan fingerprint density at radius 1 is 1.47 bits per heavy atom. The van der Waals surface area contributed by atoms with Crippen molar-refractivity contribution < 1.29 is 4.74 Å². The van der Waals surface area contributed by atoms with E-state index in [1.807, 2.05) is 18.2 Å². The number of benzene rings is 1. The Labute approximate surface area is 108 Å². The van der Waals surface area contributed by atoms with Gasteiger partial charge in [-0.15, -0.1) is 0 Å². The lowest BCUT2D eigenvalue weighted by molar-refractivity contribution is 0.416. The second-order valence-electron chi connectivity index (χ2n) is 4.13. The van der Waals surface area contributed by atoms with E-state index in [2.05, 4.69) is 12.2 Å². The Kier molecular flexibility index (Phi) is 6.16. The van der Waals surface area contributed by atoms with Gasteiger partial charge in [-0.3, -0.25) is 0 Å². The molecule has 0 amide bonds. The summed E-state index contributed by atoms with van der Waals surface area (Å²) in [6.45, 7) is 2.90. The van der Waals surface area contributed by atoms with Crippen LogP contribution in [-0.4, -0.2) is 19.7 Å². The average Bonchev–Trinajstić information content (AvgIpc) is 2.34. The van der Waals surface area contributed by atoms with E-state index < -0.39 is 0 Å². The van der Waals surface area contributed by atoms with Crippen molar-refractivity contribution in [3.8, 4) is 5.75 Å². The largest absolute Gasteiger partial charge is 0.495 e. The topological polar surface area (TPSA) is 47.3 Å². The lowest BCUT2D eigenvalue weighted by Crippen LogP contribution is -2.29. The molecule has 0 aliphatic heterocycles. The van der Waals surface area contributed by atoms with E-state index in [9.17, 15) is 0 Å². The van der Waals surface area contributed by atoms with Gasteiger partial charge in [0.05, 0.1) is 12.8 Å².